The van der Waals surface area contributed by atoms with Crippen molar-refractivity contribution in [3.8, 4) is 0 Å². The smallest absolute Gasteiger partial charge is 0.236 e. The van der Waals surface area contributed by atoms with Crippen LogP contribution in [0.15, 0.2) is 24.3 Å². The molecule has 0 aliphatic carbocycles. The number of hydrogen-bond donors (Lipinski definition) is 1. The average molecular weight is 280 g/mol. The highest BCUT2D eigenvalue weighted by Crippen LogP contribution is 2.34. The second-order valence-electron chi connectivity index (χ2n) is 5.55. The Morgan fingerprint density at radius 3 is 2.89 bits per heavy atom. The SMILES string of the molecule is CC1Cc2ccccc2N1S(=O)(=O)CC1CCCN1. The number of sulfonamides is 1. The molecule has 2 atom stereocenters. The molecule has 2 unspecified atom stereocenters. The molecule has 1 saturated heterocycles. The standard InChI is InChI=1S/C14H20N2O2S/c1-11-9-12-5-2-3-7-14(12)16(11)19(17,18)10-13-6-4-8-15-13/h2-3,5,7,11,13,15H,4,6,8-10H2,1H3. The Kier molecular flexibility index (Phi) is 3.27. The quantitative estimate of drug-likeness (QED) is 0.913. The molecule has 1 N–H and O–H groups in total. The third kappa shape index (κ3) is 2.37. The molecule has 0 radical (unpaired) electrons. The van der Waals surface area contributed by atoms with E-state index < -0.39 is 10.0 Å². The van der Waals surface area contributed by atoms with Gasteiger partial charge >= 0.3 is 0 Å². The van der Waals surface area contributed by atoms with Crippen LogP contribution in [0.4, 0.5) is 5.69 Å². The summed E-state index contributed by atoms with van der Waals surface area (Å²) >= 11 is 0. The first-order valence-corrected chi connectivity index (χ1v) is 8.52. The van der Waals surface area contributed by atoms with Crippen molar-refractivity contribution in [2.75, 3.05) is 16.6 Å². The second-order valence-corrected chi connectivity index (χ2v) is 7.44. The van der Waals surface area contributed by atoms with Crippen LogP contribution < -0.4 is 9.62 Å². The van der Waals surface area contributed by atoms with Gasteiger partial charge in [-0.1, -0.05) is 18.2 Å². The molecule has 2 aliphatic rings. The van der Waals surface area contributed by atoms with Crippen molar-refractivity contribution in [3.63, 3.8) is 0 Å². The highest BCUT2D eigenvalue weighted by molar-refractivity contribution is 7.92. The molecule has 0 amide bonds. The first kappa shape index (κ1) is 12.9. The van der Waals surface area contributed by atoms with Crippen molar-refractivity contribution in [1.82, 2.24) is 5.32 Å². The normalized spacial score (nSPS) is 26.7. The van der Waals surface area contributed by atoms with Crippen molar-refractivity contribution in [2.45, 2.75) is 38.3 Å². The Morgan fingerprint density at radius 2 is 2.16 bits per heavy atom. The van der Waals surface area contributed by atoms with Crippen LogP contribution in [-0.4, -0.2) is 32.8 Å². The fourth-order valence-corrected chi connectivity index (χ4v) is 5.25. The molecule has 4 nitrogen and oxygen atoms in total. The van der Waals surface area contributed by atoms with Gasteiger partial charge in [-0.25, -0.2) is 8.42 Å². The first-order chi connectivity index (χ1) is 9.08. The molecule has 3 rings (SSSR count). The molecule has 1 aromatic rings. The molecule has 5 heteroatoms. The molecule has 0 aromatic heterocycles. The van der Waals surface area contributed by atoms with E-state index in [1.165, 1.54) is 0 Å². The summed E-state index contributed by atoms with van der Waals surface area (Å²) in [6.07, 6.45) is 2.85. The van der Waals surface area contributed by atoms with Gasteiger partial charge in [0.2, 0.25) is 10.0 Å². The molecule has 1 aromatic carbocycles. The Morgan fingerprint density at radius 1 is 1.37 bits per heavy atom. The Balaban J connectivity index is 1.88. The molecule has 0 bridgehead atoms. The Hall–Kier alpha value is -1.07. The van der Waals surface area contributed by atoms with Crippen LogP contribution in [0.1, 0.15) is 25.3 Å². The Labute approximate surface area is 114 Å². The molecular formula is C14H20N2O2S. The maximum atomic E-state index is 12.6. The summed E-state index contributed by atoms with van der Waals surface area (Å²) in [5.41, 5.74) is 2.01. The summed E-state index contributed by atoms with van der Waals surface area (Å²) in [5, 5.41) is 3.27. The fraction of sp³-hybridized carbons (Fsp3) is 0.571. The molecule has 0 spiro atoms. The topological polar surface area (TPSA) is 49.4 Å². The minimum atomic E-state index is -3.24. The lowest BCUT2D eigenvalue weighted by Gasteiger charge is -2.26. The van der Waals surface area contributed by atoms with Gasteiger partial charge in [-0.2, -0.15) is 0 Å². The third-order valence-corrected chi connectivity index (χ3v) is 6.00. The summed E-state index contributed by atoms with van der Waals surface area (Å²) in [6, 6.07) is 7.97. The number of nitrogens with zero attached hydrogens (tertiary/aromatic N) is 1. The van der Waals surface area contributed by atoms with Crippen LogP contribution in [0.5, 0.6) is 0 Å². The van der Waals surface area contributed by atoms with Crippen molar-refractivity contribution < 1.29 is 8.42 Å². The number of nitrogens with one attached hydrogen (secondary N) is 1. The highest BCUT2D eigenvalue weighted by Gasteiger charge is 2.36. The number of rotatable bonds is 3. The maximum absolute atomic E-state index is 12.6. The van der Waals surface area contributed by atoms with Gasteiger partial charge in [0, 0.05) is 12.1 Å². The van der Waals surface area contributed by atoms with E-state index in [0.717, 1.165) is 37.1 Å². The van der Waals surface area contributed by atoms with Crippen molar-refractivity contribution >= 4 is 15.7 Å². The van der Waals surface area contributed by atoms with Gasteiger partial charge < -0.3 is 5.32 Å². The zero-order valence-corrected chi connectivity index (χ0v) is 12.0. The van der Waals surface area contributed by atoms with Crippen LogP contribution in [0.3, 0.4) is 0 Å². The van der Waals surface area contributed by atoms with E-state index in [2.05, 4.69) is 5.32 Å². The van der Waals surface area contributed by atoms with Gasteiger partial charge in [0.15, 0.2) is 0 Å². The fourth-order valence-electron chi connectivity index (χ4n) is 3.19. The summed E-state index contributed by atoms with van der Waals surface area (Å²) in [4.78, 5) is 0. The van der Waals surface area contributed by atoms with Gasteiger partial charge in [-0.15, -0.1) is 0 Å². The van der Waals surface area contributed by atoms with Crippen LogP contribution in [0.25, 0.3) is 0 Å². The molecule has 2 aliphatic heterocycles. The van der Waals surface area contributed by atoms with Gasteiger partial charge in [0.05, 0.1) is 11.4 Å². The zero-order valence-electron chi connectivity index (χ0n) is 11.2. The van der Waals surface area contributed by atoms with Gasteiger partial charge in [0.1, 0.15) is 0 Å². The van der Waals surface area contributed by atoms with Crippen molar-refractivity contribution in [1.29, 1.82) is 0 Å². The van der Waals surface area contributed by atoms with Crippen LogP contribution in [0.2, 0.25) is 0 Å². The third-order valence-electron chi connectivity index (χ3n) is 4.02. The Bertz CT molecular complexity index is 565. The van der Waals surface area contributed by atoms with Crippen LogP contribution in [0, 0.1) is 0 Å². The highest BCUT2D eigenvalue weighted by atomic mass is 32.2. The van der Waals surface area contributed by atoms with Crippen LogP contribution in [-0.2, 0) is 16.4 Å². The minimum absolute atomic E-state index is 0.0313. The molecular weight excluding hydrogens is 260 g/mol. The van der Waals surface area contributed by atoms with E-state index in [1.54, 1.807) is 4.31 Å². The summed E-state index contributed by atoms with van der Waals surface area (Å²) in [6.45, 7) is 2.92. The van der Waals surface area contributed by atoms with E-state index in [9.17, 15) is 8.42 Å². The summed E-state index contributed by atoms with van der Waals surface area (Å²) in [7, 11) is -3.24. The number of anilines is 1. The molecule has 104 valence electrons. The first-order valence-electron chi connectivity index (χ1n) is 6.91. The number of fused-ring (bicyclic) bond motifs is 1. The minimum Gasteiger partial charge on any atom is -0.313 e. The molecule has 1 fully saturated rings. The zero-order chi connectivity index (χ0) is 13.5. The van der Waals surface area contributed by atoms with Crippen molar-refractivity contribution in [2.24, 2.45) is 0 Å². The molecule has 19 heavy (non-hydrogen) atoms. The van der Waals surface area contributed by atoms with Gasteiger partial charge in [-0.3, -0.25) is 4.31 Å². The van der Waals surface area contributed by atoms with E-state index >= 15 is 0 Å². The lowest BCUT2D eigenvalue weighted by atomic mass is 10.1. The lowest BCUT2D eigenvalue weighted by molar-refractivity contribution is 0.566. The second kappa shape index (κ2) is 4.80. The number of hydrogen-bond acceptors (Lipinski definition) is 3. The van der Waals surface area contributed by atoms with Crippen molar-refractivity contribution in [3.05, 3.63) is 29.8 Å². The van der Waals surface area contributed by atoms with Gasteiger partial charge in [0.25, 0.3) is 0 Å². The van der Waals surface area contributed by atoms with Crippen LogP contribution >= 0.6 is 0 Å². The predicted molar refractivity (Wildman–Crippen MR) is 76.9 cm³/mol. The summed E-state index contributed by atoms with van der Waals surface area (Å²) in [5.74, 6) is 0.214. The monoisotopic (exact) mass is 280 g/mol. The average Bonchev–Trinajstić information content (AvgIpc) is 2.94. The number of para-hydroxylation sites is 1. The molecule has 2 heterocycles. The summed E-state index contributed by atoms with van der Waals surface area (Å²) < 4.78 is 26.9. The largest absolute Gasteiger partial charge is 0.313 e. The van der Waals surface area contributed by atoms with E-state index in [1.807, 2.05) is 31.2 Å². The van der Waals surface area contributed by atoms with Gasteiger partial charge in [-0.05, 0) is 44.4 Å². The lowest BCUT2D eigenvalue weighted by Crippen LogP contribution is -2.42. The molecule has 0 saturated carbocycles. The van der Waals surface area contributed by atoms with E-state index in [0.29, 0.717) is 0 Å². The van der Waals surface area contributed by atoms with E-state index in [4.69, 9.17) is 0 Å². The number of benzene rings is 1. The maximum Gasteiger partial charge on any atom is 0.236 e. The van der Waals surface area contributed by atoms with E-state index in [-0.39, 0.29) is 17.8 Å². The predicted octanol–water partition coefficient (Wildman–Crippen LogP) is 1.52.